The van der Waals surface area contributed by atoms with Gasteiger partial charge in [-0.3, -0.25) is 0 Å². The van der Waals surface area contributed by atoms with Gasteiger partial charge in [0.1, 0.15) is 0 Å². The molecule has 0 bridgehead atoms. The van der Waals surface area contributed by atoms with E-state index in [0.29, 0.717) is 0 Å². The highest BCUT2D eigenvalue weighted by molar-refractivity contribution is 4.80. The summed E-state index contributed by atoms with van der Waals surface area (Å²) >= 11 is 0. The summed E-state index contributed by atoms with van der Waals surface area (Å²) in [6.07, 6.45) is 12.2. The molecule has 0 aromatic heterocycles. The van der Waals surface area contributed by atoms with Gasteiger partial charge >= 0.3 is 0 Å². The third kappa shape index (κ3) is 4.11. The second-order valence-corrected chi connectivity index (χ2v) is 6.04. The molecule has 0 heteroatoms. The molecule has 2 rings (SSSR count). The topological polar surface area (TPSA) is 0 Å². The Bertz CT molecular complexity index is 146. The highest BCUT2D eigenvalue weighted by Gasteiger charge is 2.28. The van der Waals surface area contributed by atoms with Crippen LogP contribution in [-0.4, -0.2) is 0 Å². The summed E-state index contributed by atoms with van der Waals surface area (Å²) in [7, 11) is 0. The van der Waals surface area contributed by atoms with Gasteiger partial charge in [-0.2, -0.15) is 0 Å². The molecule has 0 aromatic rings. The largest absolute Gasteiger partial charge is 0.0776 e. The maximum absolute atomic E-state index is 2.43. The van der Waals surface area contributed by atoms with E-state index >= 15 is 0 Å². The van der Waals surface area contributed by atoms with Gasteiger partial charge in [-0.05, 0) is 49.4 Å². The Labute approximate surface area is 107 Å². The molecule has 0 atom stereocenters. The summed E-state index contributed by atoms with van der Waals surface area (Å²) in [5.41, 5.74) is 0. The minimum Gasteiger partial charge on any atom is -0.0776 e. The number of hydrogen-bond acceptors (Lipinski definition) is 0. The van der Waals surface area contributed by atoms with Crippen molar-refractivity contribution < 1.29 is 2.85 Å². The molecular weight excluding hydrogens is 192 g/mol. The highest BCUT2D eigenvalue weighted by atomic mass is 14.3. The average molecular weight is 230 g/mol. The van der Waals surface area contributed by atoms with Crippen molar-refractivity contribution in [1.82, 2.24) is 0 Å². The fraction of sp³-hybridized carbons (Fsp3) is 1.00. The maximum atomic E-state index is 2.43. The molecule has 102 valence electrons. The van der Waals surface area contributed by atoms with Crippen molar-refractivity contribution in [1.29, 1.82) is 0 Å². The SMILES string of the molecule is C.C.CC1CCC(C2CCC(C)CC2)CC1.[HH].[HH]. The third-order valence-corrected chi connectivity index (χ3v) is 4.79. The summed E-state index contributed by atoms with van der Waals surface area (Å²) < 4.78 is 0. The molecule has 0 saturated heterocycles. The van der Waals surface area contributed by atoms with E-state index < -0.39 is 0 Å². The number of hydrogen-bond donors (Lipinski definition) is 0. The van der Waals surface area contributed by atoms with E-state index in [1.54, 1.807) is 25.7 Å². The Morgan fingerprint density at radius 1 is 0.562 bits per heavy atom. The highest BCUT2D eigenvalue weighted by Crippen LogP contribution is 2.40. The Hall–Kier alpha value is 0. The Kier molecular flexibility index (Phi) is 7.35. The van der Waals surface area contributed by atoms with Gasteiger partial charge in [-0.15, -0.1) is 0 Å². The first-order valence-electron chi connectivity index (χ1n) is 6.75. The van der Waals surface area contributed by atoms with Crippen LogP contribution in [0, 0.1) is 23.7 Å². The van der Waals surface area contributed by atoms with Crippen LogP contribution in [0.4, 0.5) is 0 Å². The number of rotatable bonds is 1. The fourth-order valence-corrected chi connectivity index (χ4v) is 3.51. The van der Waals surface area contributed by atoms with Gasteiger partial charge in [-0.1, -0.05) is 54.4 Å². The van der Waals surface area contributed by atoms with Gasteiger partial charge in [0.15, 0.2) is 0 Å². The van der Waals surface area contributed by atoms with Crippen molar-refractivity contribution in [2.24, 2.45) is 23.7 Å². The van der Waals surface area contributed by atoms with E-state index in [9.17, 15) is 0 Å². The van der Waals surface area contributed by atoms with E-state index in [-0.39, 0.29) is 17.7 Å². The Morgan fingerprint density at radius 2 is 0.812 bits per heavy atom. The quantitative estimate of drug-likeness (QED) is 0.488. The van der Waals surface area contributed by atoms with Crippen molar-refractivity contribution in [2.75, 3.05) is 0 Å². The molecule has 16 heavy (non-hydrogen) atoms. The van der Waals surface area contributed by atoms with Crippen LogP contribution in [0.2, 0.25) is 0 Å². The zero-order chi connectivity index (χ0) is 9.97. The molecule has 2 saturated carbocycles. The van der Waals surface area contributed by atoms with Gasteiger partial charge in [0.25, 0.3) is 0 Å². The van der Waals surface area contributed by atoms with Crippen LogP contribution >= 0.6 is 0 Å². The van der Waals surface area contributed by atoms with E-state index in [1.807, 2.05) is 0 Å². The molecule has 0 aliphatic heterocycles. The fourth-order valence-electron chi connectivity index (χ4n) is 3.51. The van der Waals surface area contributed by atoms with Crippen LogP contribution in [0.25, 0.3) is 0 Å². The molecular formula is C16H38. The molecule has 2 aliphatic rings. The smallest absolute Gasteiger partial charge is 0 e. The third-order valence-electron chi connectivity index (χ3n) is 4.79. The molecule has 0 spiro atoms. The lowest BCUT2D eigenvalue weighted by atomic mass is 9.70. The lowest BCUT2D eigenvalue weighted by Gasteiger charge is -2.36. The summed E-state index contributed by atoms with van der Waals surface area (Å²) in [6, 6.07) is 0. The minimum atomic E-state index is 0. The zero-order valence-electron chi connectivity index (χ0n) is 9.97. The second-order valence-electron chi connectivity index (χ2n) is 6.04. The normalized spacial score (nSPS) is 39.4. The first kappa shape index (κ1) is 16.0. The lowest BCUT2D eigenvalue weighted by molar-refractivity contribution is 0.155. The monoisotopic (exact) mass is 230 g/mol. The Balaban J connectivity index is -0.000000562. The summed E-state index contributed by atoms with van der Waals surface area (Å²) in [5, 5.41) is 0. The van der Waals surface area contributed by atoms with Gasteiger partial charge in [0, 0.05) is 2.85 Å². The van der Waals surface area contributed by atoms with Crippen molar-refractivity contribution >= 4 is 0 Å². The van der Waals surface area contributed by atoms with Crippen LogP contribution in [-0.2, 0) is 0 Å². The van der Waals surface area contributed by atoms with E-state index in [1.165, 1.54) is 25.7 Å². The molecule has 2 fully saturated rings. The standard InChI is InChI=1S/C14H26.2CH4.2H2/c1-11-3-7-13(8-4-11)14-9-5-12(2)6-10-14;;;;/h11-14H,3-10H2,1-2H3;2*1H4;2*1H. The average Bonchev–Trinajstić information content (AvgIpc) is 2.21. The second kappa shape index (κ2) is 7.35. The minimum absolute atomic E-state index is 0. The Morgan fingerprint density at radius 3 is 1.06 bits per heavy atom. The summed E-state index contributed by atoms with van der Waals surface area (Å²) in [4.78, 5) is 0. The molecule has 2 aliphatic carbocycles. The summed E-state index contributed by atoms with van der Waals surface area (Å²) in [6.45, 7) is 4.86. The first-order valence-corrected chi connectivity index (χ1v) is 6.75. The van der Waals surface area contributed by atoms with E-state index in [2.05, 4.69) is 13.8 Å². The van der Waals surface area contributed by atoms with Crippen molar-refractivity contribution in [3.05, 3.63) is 0 Å². The van der Waals surface area contributed by atoms with Crippen LogP contribution in [0.1, 0.15) is 82.9 Å². The zero-order valence-corrected chi connectivity index (χ0v) is 9.97. The molecule has 0 N–H and O–H groups in total. The first-order chi connectivity index (χ1) is 6.75. The lowest BCUT2D eigenvalue weighted by Crippen LogP contribution is -2.24. The van der Waals surface area contributed by atoms with Gasteiger partial charge in [-0.25, -0.2) is 0 Å². The predicted molar refractivity (Wildman–Crippen MR) is 79.9 cm³/mol. The van der Waals surface area contributed by atoms with Crippen molar-refractivity contribution in [3.63, 3.8) is 0 Å². The molecule has 0 radical (unpaired) electrons. The van der Waals surface area contributed by atoms with Crippen LogP contribution in [0.15, 0.2) is 0 Å². The van der Waals surface area contributed by atoms with Crippen LogP contribution in [0.5, 0.6) is 0 Å². The molecule has 0 nitrogen and oxygen atoms in total. The maximum Gasteiger partial charge on any atom is 0 e. The molecule has 0 heterocycles. The van der Waals surface area contributed by atoms with Gasteiger partial charge in [0.2, 0.25) is 0 Å². The van der Waals surface area contributed by atoms with Crippen molar-refractivity contribution in [3.8, 4) is 0 Å². The van der Waals surface area contributed by atoms with Gasteiger partial charge < -0.3 is 0 Å². The van der Waals surface area contributed by atoms with E-state index in [0.717, 1.165) is 23.7 Å². The van der Waals surface area contributed by atoms with Crippen molar-refractivity contribution in [2.45, 2.75) is 80.1 Å². The van der Waals surface area contributed by atoms with Gasteiger partial charge in [0.05, 0.1) is 0 Å². The van der Waals surface area contributed by atoms with Crippen LogP contribution < -0.4 is 0 Å². The molecule has 0 aromatic carbocycles. The molecule has 0 amide bonds. The molecule has 0 unspecified atom stereocenters. The predicted octanol–water partition coefficient (Wildman–Crippen LogP) is 6.40. The van der Waals surface area contributed by atoms with Crippen LogP contribution in [0.3, 0.4) is 0 Å². The summed E-state index contributed by atoms with van der Waals surface area (Å²) in [5.74, 6) is 4.26. The van der Waals surface area contributed by atoms with E-state index in [4.69, 9.17) is 0 Å².